The van der Waals surface area contributed by atoms with Crippen molar-refractivity contribution in [1.29, 1.82) is 0 Å². The lowest BCUT2D eigenvalue weighted by Gasteiger charge is -2.21. The minimum atomic E-state index is 0. The first-order valence-corrected chi connectivity index (χ1v) is 4.71. The fourth-order valence-corrected chi connectivity index (χ4v) is 1.33. The Kier molecular flexibility index (Phi) is 3.12. The van der Waals surface area contributed by atoms with Crippen LogP contribution in [0.2, 0.25) is 0 Å². The molecular weight excluding hydrogens is 198 g/mol. The van der Waals surface area contributed by atoms with E-state index in [2.05, 4.69) is 37.2 Å². The summed E-state index contributed by atoms with van der Waals surface area (Å²) in [5, 5.41) is 0. The van der Waals surface area contributed by atoms with Gasteiger partial charge >= 0.3 is 0 Å². The molecule has 1 saturated carbocycles. The van der Waals surface area contributed by atoms with Gasteiger partial charge in [0, 0.05) is 12.0 Å². The van der Waals surface area contributed by atoms with Crippen LogP contribution in [0.5, 0.6) is 0 Å². The largest absolute Gasteiger partial charge is 1.00 e. The standard InChI is InChI=1S/C10H16N3.ClH/c1-13(2,3)10-6-9(8-4-5-8)11-7-12-10;/h6-8H,4-5H2,1-3H3;1H/q+1;/p-1. The first-order chi connectivity index (χ1) is 6.07. The van der Waals surface area contributed by atoms with E-state index in [0.717, 1.165) is 10.3 Å². The second-order valence-electron chi connectivity index (χ2n) is 4.59. The lowest BCUT2D eigenvalue weighted by molar-refractivity contribution is -0.00000310. The molecule has 1 aromatic rings. The molecule has 78 valence electrons. The van der Waals surface area contributed by atoms with E-state index in [4.69, 9.17) is 0 Å². The molecular formula is C10H16ClN3. The molecule has 0 atom stereocenters. The molecule has 0 saturated heterocycles. The third-order valence-electron chi connectivity index (χ3n) is 2.36. The first-order valence-electron chi connectivity index (χ1n) is 4.71. The molecule has 4 heteroatoms. The molecule has 1 aromatic heterocycles. The van der Waals surface area contributed by atoms with Gasteiger partial charge in [-0.2, -0.15) is 4.98 Å². The average molecular weight is 214 g/mol. The quantitative estimate of drug-likeness (QED) is 0.563. The van der Waals surface area contributed by atoms with Gasteiger partial charge in [-0.25, -0.2) is 4.98 Å². The summed E-state index contributed by atoms with van der Waals surface area (Å²) in [6.45, 7) is 0. The van der Waals surface area contributed by atoms with Crippen molar-refractivity contribution in [2.75, 3.05) is 21.1 Å². The monoisotopic (exact) mass is 213 g/mol. The predicted molar refractivity (Wildman–Crippen MR) is 53.6 cm³/mol. The number of quaternary nitrogens is 1. The fraction of sp³-hybridized carbons (Fsp3) is 0.600. The van der Waals surface area contributed by atoms with Crippen LogP contribution in [0, 0.1) is 0 Å². The summed E-state index contributed by atoms with van der Waals surface area (Å²) in [5.41, 5.74) is 1.22. The van der Waals surface area contributed by atoms with Gasteiger partial charge in [0.2, 0.25) is 5.82 Å². The zero-order valence-corrected chi connectivity index (χ0v) is 9.62. The molecule has 0 aromatic carbocycles. The van der Waals surface area contributed by atoms with Crippen LogP contribution in [0.3, 0.4) is 0 Å². The maximum Gasteiger partial charge on any atom is 0.230 e. The zero-order valence-electron chi connectivity index (χ0n) is 8.87. The molecule has 0 spiro atoms. The lowest BCUT2D eigenvalue weighted by Crippen LogP contribution is -3.00. The van der Waals surface area contributed by atoms with E-state index in [1.165, 1.54) is 18.5 Å². The molecule has 0 amide bonds. The van der Waals surface area contributed by atoms with Crippen molar-refractivity contribution in [3.8, 4) is 0 Å². The Morgan fingerprint density at radius 1 is 1.21 bits per heavy atom. The van der Waals surface area contributed by atoms with Crippen LogP contribution in [0.15, 0.2) is 12.4 Å². The molecule has 3 nitrogen and oxygen atoms in total. The molecule has 0 radical (unpaired) electrons. The van der Waals surface area contributed by atoms with Crippen LogP contribution in [-0.2, 0) is 0 Å². The Morgan fingerprint density at radius 3 is 2.36 bits per heavy atom. The Labute approximate surface area is 91.2 Å². The van der Waals surface area contributed by atoms with Gasteiger partial charge in [-0.1, -0.05) is 0 Å². The summed E-state index contributed by atoms with van der Waals surface area (Å²) in [6, 6.07) is 2.14. The van der Waals surface area contributed by atoms with Gasteiger partial charge in [-0.3, -0.25) is 4.48 Å². The summed E-state index contributed by atoms with van der Waals surface area (Å²) in [7, 11) is 6.37. The van der Waals surface area contributed by atoms with Crippen LogP contribution in [0.25, 0.3) is 0 Å². The molecule has 1 heterocycles. The lowest BCUT2D eigenvalue weighted by atomic mass is 10.2. The molecule has 0 N–H and O–H groups in total. The highest BCUT2D eigenvalue weighted by Crippen LogP contribution is 2.39. The summed E-state index contributed by atoms with van der Waals surface area (Å²) < 4.78 is 0.766. The minimum Gasteiger partial charge on any atom is -1.00 e. The van der Waals surface area contributed by atoms with Crippen molar-refractivity contribution >= 4 is 5.82 Å². The fourth-order valence-electron chi connectivity index (χ4n) is 1.33. The zero-order chi connectivity index (χ0) is 9.47. The maximum atomic E-state index is 4.29. The number of nitrogens with zero attached hydrogens (tertiary/aromatic N) is 3. The van der Waals surface area contributed by atoms with E-state index >= 15 is 0 Å². The number of rotatable bonds is 2. The number of hydrogen-bond acceptors (Lipinski definition) is 2. The van der Waals surface area contributed by atoms with Crippen LogP contribution >= 0.6 is 0 Å². The van der Waals surface area contributed by atoms with Crippen LogP contribution in [-0.4, -0.2) is 31.1 Å². The van der Waals surface area contributed by atoms with Crippen molar-refractivity contribution in [2.45, 2.75) is 18.8 Å². The van der Waals surface area contributed by atoms with Gasteiger partial charge in [0.1, 0.15) is 6.33 Å². The molecule has 1 aliphatic carbocycles. The summed E-state index contributed by atoms with van der Waals surface area (Å²) >= 11 is 0. The summed E-state index contributed by atoms with van der Waals surface area (Å²) in [4.78, 5) is 8.58. The van der Waals surface area contributed by atoms with E-state index in [1.807, 2.05) is 0 Å². The summed E-state index contributed by atoms with van der Waals surface area (Å²) in [5.74, 6) is 1.81. The molecule has 14 heavy (non-hydrogen) atoms. The smallest absolute Gasteiger partial charge is 0.230 e. The SMILES string of the molecule is C[N+](C)(C)c1cc(C2CC2)ncn1.[Cl-]. The van der Waals surface area contributed by atoms with Crippen LogP contribution in [0.1, 0.15) is 24.5 Å². The van der Waals surface area contributed by atoms with Gasteiger partial charge in [0.25, 0.3) is 0 Å². The third-order valence-corrected chi connectivity index (χ3v) is 2.36. The number of hydrogen-bond donors (Lipinski definition) is 0. The minimum absolute atomic E-state index is 0. The van der Waals surface area contributed by atoms with Crippen molar-refractivity contribution < 1.29 is 12.4 Å². The van der Waals surface area contributed by atoms with Crippen molar-refractivity contribution in [3.05, 3.63) is 18.1 Å². The highest BCUT2D eigenvalue weighted by molar-refractivity contribution is 5.34. The van der Waals surface area contributed by atoms with Gasteiger partial charge in [-0.05, 0) is 12.8 Å². The first kappa shape index (κ1) is 11.4. The second-order valence-corrected chi connectivity index (χ2v) is 4.59. The Balaban J connectivity index is 0.000000980. The molecule has 0 bridgehead atoms. The normalized spacial score (nSPS) is 16.2. The van der Waals surface area contributed by atoms with Gasteiger partial charge < -0.3 is 12.4 Å². The molecule has 0 aliphatic heterocycles. The second kappa shape index (κ2) is 3.83. The van der Waals surface area contributed by atoms with Crippen molar-refractivity contribution in [2.24, 2.45) is 0 Å². The van der Waals surface area contributed by atoms with E-state index in [-0.39, 0.29) is 12.4 Å². The molecule has 2 rings (SSSR count). The van der Waals surface area contributed by atoms with E-state index in [1.54, 1.807) is 6.33 Å². The topological polar surface area (TPSA) is 25.8 Å². The third kappa shape index (κ3) is 2.42. The van der Waals surface area contributed by atoms with Crippen LogP contribution in [0.4, 0.5) is 5.82 Å². The van der Waals surface area contributed by atoms with Gasteiger partial charge in [0.05, 0.1) is 26.8 Å². The average Bonchev–Trinajstić information content (AvgIpc) is 2.85. The number of halogens is 1. The van der Waals surface area contributed by atoms with Gasteiger partial charge in [0.15, 0.2) is 0 Å². The van der Waals surface area contributed by atoms with Crippen LogP contribution < -0.4 is 16.9 Å². The van der Waals surface area contributed by atoms with E-state index in [9.17, 15) is 0 Å². The highest BCUT2D eigenvalue weighted by Gasteiger charge is 2.27. The molecule has 1 aliphatic rings. The van der Waals surface area contributed by atoms with Crippen molar-refractivity contribution in [3.63, 3.8) is 0 Å². The molecule has 1 fully saturated rings. The highest BCUT2D eigenvalue weighted by atomic mass is 35.5. The maximum absolute atomic E-state index is 4.29. The Hall–Kier alpha value is -0.670. The Bertz CT molecular complexity index is 315. The van der Waals surface area contributed by atoms with E-state index in [0.29, 0.717) is 5.92 Å². The van der Waals surface area contributed by atoms with Crippen molar-refractivity contribution in [1.82, 2.24) is 14.5 Å². The van der Waals surface area contributed by atoms with Gasteiger partial charge in [-0.15, -0.1) is 0 Å². The predicted octanol–water partition coefficient (Wildman–Crippen LogP) is -1.45. The number of aromatic nitrogens is 2. The Morgan fingerprint density at radius 2 is 1.86 bits per heavy atom. The molecule has 0 unspecified atom stereocenters. The van der Waals surface area contributed by atoms with E-state index < -0.39 is 0 Å². The summed E-state index contributed by atoms with van der Waals surface area (Å²) in [6.07, 6.45) is 4.29.